The molecule has 1 aromatic carbocycles. The van der Waals surface area contributed by atoms with Crippen molar-refractivity contribution >= 4 is 5.76 Å². The van der Waals surface area contributed by atoms with Crippen LogP contribution in [0.15, 0.2) is 42.5 Å². The van der Waals surface area contributed by atoms with Crippen LogP contribution < -0.4 is 0 Å². The van der Waals surface area contributed by atoms with Crippen molar-refractivity contribution in [1.82, 2.24) is 9.80 Å². The van der Waals surface area contributed by atoms with Crippen molar-refractivity contribution in [3.8, 4) is 0 Å². The molecule has 1 aromatic rings. The molecule has 0 unspecified atom stereocenters. The fourth-order valence-electron chi connectivity index (χ4n) is 1.69. The summed E-state index contributed by atoms with van der Waals surface area (Å²) >= 11 is 0. The average Bonchev–Trinajstić information content (AvgIpc) is 2.58. The highest BCUT2D eigenvalue weighted by molar-refractivity contribution is 5.61. The standard InChI is InChI=1S/C12H13FN2O/c1-14-6-7-15(2)12(14)11(16)9-4-3-5-10(13)8-9/h3-8,16H,1-2H3. The number of aliphatic hydroxyl groups is 1. The number of aliphatic hydroxyl groups excluding tert-OH is 1. The van der Waals surface area contributed by atoms with Crippen molar-refractivity contribution in [2.24, 2.45) is 0 Å². The van der Waals surface area contributed by atoms with Crippen molar-refractivity contribution in [3.63, 3.8) is 0 Å². The Hall–Kier alpha value is -1.97. The van der Waals surface area contributed by atoms with Gasteiger partial charge in [-0.25, -0.2) is 4.39 Å². The first-order valence-corrected chi connectivity index (χ1v) is 4.93. The van der Waals surface area contributed by atoms with Gasteiger partial charge in [0, 0.05) is 32.1 Å². The van der Waals surface area contributed by atoms with E-state index in [-0.39, 0.29) is 11.6 Å². The summed E-state index contributed by atoms with van der Waals surface area (Å²) in [7, 11) is 3.65. The van der Waals surface area contributed by atoms with Gasteiger partial charge in [0.1, 0.15) is 5.82 Å². The van der Waals surface area contributed by atoms with Crippen LogP contribution in [0.1, 0.15) is 5.56 Å². The minimum Gasteiger partial charge on any atom is -0.504 e. The number of benzene rings is 1. The smallest absolute Gasteiger partial charge is 0.164 e. The van der Waals surface area contributed by atoms with E-state index >= 15 is 0 Å². The van der Waals surface area contributed by atoms with Gasteiger partial charge < -0.3 is 14.9 Å². The fourth-order valence-corrected chi connectivity index (χ4v) is 1.69. The van der Waals surface area contributed by atoms with E-state index in [0.717, 1.165) is 0 Å². The molecule has 1 aliphatic rings. The van der Waals surface area contributed by atoms with Crippen molar-refractivity contribution in [2.75, 3.05) is 14.1 Å². The molecule has 2 rings (SSSR count). The van der Waals surface area contributed by atoms with Crippen molar-refractivity contribution in [2.45, 2.75) is 0 Å². The second kappa shape index (κ2) is 3.89. The summed E-state index contributed by atoms with van der Waals surface area (Å²) in [6, 6.07) is 5.90. The second-order valence-electron chi connectivity index (χ2n) is 3.70. The van der Waals surface area contributed by atoms with Gasteiger partial charge in [0.25, 0.3) is 0 Å². The lowest BCUT2D eigenvalue weighted by Gasteiger charge is -2.19. The molecule has 0 saturated heterocycles. The summed E-state index contributed by atoms with van der Waals surface area (Å²) in [5.74, 6) is 0.334. The molecule has 0 aliphatic carbocycles. The Morgan fingerprint density at radius 1 is 1.19 bits per heavy atom. The van der Waals surface area contributed by atoms with E-state index in [1.54, 1.807) is 21.9 Å². The first kappa shape index (κ1) is 10.5. The second-order valence-corrected chi connectivity index (χ2v) is 3.70. The highest BCUT2D eigenvalue weighted by Gasteiger charge is 2.19. The molecule has 0 bridgehead atoms. The van der Waals surface area contributed by atoms with Gasteiger partial charge in [-0.3, -0.25) is 0 Å². The molecule has 84 valence electrons. The Balaban J connectivity index is 2.45. The van der Waals surface area contributed by atoms with Crippen LogP contribution in [0.5, 0.6) is 0 Å². The summed E-state index contributed by atoms with van der Waals surface area (Å²) in [5.41, 5.74) is 0.470. The van der Waals surface area contributed by atoms with E-state index in [2.05, 4.69) is 0 Å². The van der Waals surface area contributed by atoms with Crippen LogP contribution in [0.4, 0.5) is 4.39 Å². The summed E-state index contributed by atoms with van der Waals surface area (Å²) in [4.78, 5) is 3.56. The van der Waals surface area contributed by atoms with Crippen LogP contribution in [-0.4, -0.2) is 29.0 Å². The highest BCUT2D eigenvalue weighted by Crippen LogP contribution is 2.24. The van der Waals surface area contributed by atoms with Gasteiger partial charge in [0.05, 0.1) is 0 Å². The molecular formula is C12H13FN2O. The minimum absolute atomic E-state index is 0.0644. The maximum atomic E-state index is 13.0. The van der Waals surface area contributed by atoms with Crippen LogP contribution in [0.2, 0.25) is 0 Å². The molecule has 0 spiro atoms. The summed E-state index contributed by atoms with van der Waals surface area (Å²) < 4.78 is 13.0. The summed E-state index contributed by atoms with van der Waals surface area (Å²) in [6.45, 7) is 0. The molecule has 3 nitrogen and oxygen atoms in total. The molecule has 1 N–H and O–H groups in total. The molecule has 1 aliphatic heterocycles. The van der Waals surface area contributed by atoms with Gasteiger partial charge in [0.2, 0.25) is 0 Å². The van der Waals surface area contributed by atoms with Crippen LogP contribution in [0.25, 0.3) is 5.76 Å². The Kier molecular flexibility index (Phi) is 2.56. The van der Waals surface area contributed by atoms with E-state index in [1.165, 1.54) is 12.1 Å². The van der Waals surface area contributed by atoms with Crippen LogP contribution in [0, 0.1) is 5.82 Å². The molecule has 0 amide bonds. The molecule has 0 atom stereocenters. The Morgan fingerprint density at radius 3 is 2.38 bits per heavy atom. The largest absolute Gasteiger partial charge is 0.504 e. The van der Waals surface area contributed by atoms with E-state index in [9.17, 15) is 9.50 Å². The maximum absolute atomic E-state index is 13.0. The normalized spacial score (nSPS) is 14.8. The monoisotopic (exact) mass is 220 g/mol. The zero-order valence-electron chi connectivity index (χ0n) is 9.18. The third-order valence-electron chi connectivity index (χ3n) is 2.49. The molecule has 4 heteroatoms. The van der Waals surface area contributed by atoms with Crippen LogP contribution in [0.3, 0.4) is 0 Å². The number of nitrogens with zero attached hydrogens (tertiary/aromatic N) is 2. The van der Waals surface area contributed by atoms with Crippen LogP contribution >= 0.6 is 0 Å². The van der Waals surface area contributed by atoms with Crippen molar-refractivity contribution in [3.05, 3.63) is 53.9 Å². The van der Waals surface area contributed by atoms with Crippen LogP contribution in [-0.2, 0) is 0 Å². The SMILES string of the molecule is CN1C=CN(C)C1=C(O)c1cccc(F)c1. The molecule has 0 saturated carbocycles. The fraction of sp³-hybridized carbons (Fsp3) is 0.167. The Bertz CT molecular complexity index is 454. The molecule has 0 fully saturated rings. The molecule has 1 heterocycles. The topological polar surface area (TPSA) is 26.7 Å². The average molecular weight is 220 g/mol. The zero-order valence-corrected chi connectivity index (χ0v) is 9.18. The number of halogens is 1. The quantitative estimate of drug-likeness (QED) is 0.736. The van der Waals surface area contributed by atoms with Crippen molar-refractivity contribution in [1.29, 1.82) is 0 Å². The van der Waals surface area contributed by atoms with E-state index in [4.69, 9.17) is 0 Å². The lowest BCUT2D eigenvalue weighted by atomic mass is 10.2. The van der Waals surface area contributed by atoms with E-state index in [0.29, 0.717) is 11.4 Å². The van der Waals surface area contributed by atoms with Gasteiger partial charge >= 0.3 is 0 Å². The first-order chi connectivity index (χ1) is 7.59. The number of rotatable bonds is 1. The summed E-state index contributed by atoms with van der Waals surface area (Å²) in [5, 5.41) is 10.1. The number of hydrogen-bond donors (Lipinski definition) is 1. The highest BCUT2D eigenvalue weighted by atomic mass is 19.1. The third kappa shape index (κ3) is 1.74. The predicted molar refractivity (Wildman–Crippen MR) is 60.6 cm³/mol. The Morgan fingerprint density at radius 2 is 1.81 bits per heavy atom. The van der Waals surface area contributed by atoms with E-state index < -0.39 is 0 Å². The number of hydrogen-bond acceptors (Lipinski definition) is 3. The lowest BCUT2D eigenvalue weighted by Crippen LogP contribution is -2.18. The molecule has 0 aromatic heterocycles. The lowest BCUT2D eigenvalue weighted by molar-refractivity contribution is 0.404. The van der Waals surface area contributed by atoms with Gasteiger partial charge in [-0.2, -0.15) is 0 Å². The molecule has 0 radical (unpaired) electrons. The maximum Gasteiger partial charge on any atom is 0.164 e. The van der Waals surface area contributed by atoms with Gasteiger partial charge in [0.15, 0.2) is 11.6 Å². The zero-order chi connectivity index (χ0) is 11.7. The third-order valence-corrected chi connectivity index (χ3v) is 2.49. The first-order valence-electron chi connectivity index (χ1n) is 4.93. The van der Waals surface area contributed by atoms with E-state index in [1.807, 2.05) is 26.5 Å². The van der Waals surface area contributed by atoms with Gasteiger partial charge in [-0.1, -0.05) is 12.1 Å². The molecule has 16 heavy (non-hydrogen) atoms. The Labute approximate surface area is 93.7 Å². The van der Waals surface area contributed by atoms with Gasteiger partial charge in [-0.05, 0) is 12.1 Å². The van der Waals surface area contributed by atoms with Crippen molar-refractivity contribution < 1.29 is 9.50 Å². The summed E-state index contributed by atoms with van der Waals surface area (Å²) in [6.07, 6.45) is 3.65. The van der Waals surface area contributed by atoms with Gasteiger partial charge in [-0.15, -0.1) is 0 Å². The molecular weight excluding hydrogens is 207 g/mol. The predicted octanol–water partition coefficient (Wildman–Crippen LogP) is 2.36. The minimum atomic E-state index is -0.360.